The van der Waals surface area contributed by atoms with E-state index in [-0.39, 0.29) is 10.8 Å². The molecule has 31 heavy (non-hydrogen) atoms. The number of aryl methyl sites for hydroxylation is 1. The summed E-state index contributed by atoms with van der Waals surface area (Å²) in [7, 11) is -0.921. The van der Waals surface area contributed by atoms with Gasteiger partial charge >= 0.3 is 0 Å². The molecule has 0 aromatic heterocycles. The van der Waals surface area contributed by atoms with Gasteiger partial charge in [0.1, 0.15) is 6.04 Å². The quantitative estimate of drug-likeness (QED) is 0.633. The number of benzene rings is 2. The van der Waals surface area contributed by atoms with E-state index in [9.17, 15) is 13.2 Å². The molecule has 1 fully saturated rings. The summed E-state index contributed by atoms with van der Waals surface area (Å²) in [6.07, 6.45) is 4.36. The van der Waals surface area contributed by atoms with E-state index in [1.807, 2.05) is 24.3 Å². The van der Waals surface area contributed by atoms with Crippen LogP contribution in [-0.2, 0) is 21.2 Å². The molecule has 0 aliphatic carbocycles. The van der Waals surface area contributed by atoms with Gasteiger partial charge in [0.2, 0.25) is 15.9 Å². The second-order valence-corrected chi connectivity index (χ2v) is 9.47. The number of carbonyl (C=O) groups is 1. The number of hydrogen-bond donors (Lipinski definition) is 1. The fourth-order valence-corrected chi connectivity index (χ4v) is 5.44. The summed E-state index contributed by atoms with van der Waals surface area (Å²) in [6, 6.07) is 11.4. The minimum absolute atomic E-state index is 0.0742. The zero-order valence-electron chi connectivity index (χ0n) is 18.3. The Balaban J connectivity index is 1.76. The fraction of sp³-hybridized carbons (Fsp3) is 0.435. The average molecular weight is 447 g/mol. The van der Waals surface area contributed by atoms with Crippen molar-refractivity contribution in [2.24, 2.45) is 0 Å². The van der Waals surface area contributed by atoms with E-state index < -0.39 is 16.1 Å². The number of rotatable bonds is 9. The van der Waals surface area contributed by atoms with Crippen LogP contribution in [0.2, 0.25) is 0 Å². The van der Waals surface area contributed by atoms with E-state index in [0.29, 0.717) is 36.6 Å². The van der Waals surface area contributed by atoms with E-state index in [2.05, 4.69) is 12.2 Å². The van der Waals surface area contributed by atoms with Crippen molar-refractivity contribution in [3.8, 4) is 11.5 Å². The molecule has 2 aromatic carbocycles. The molecule has 1 unspecified atom stereocenters. The van der Waals surface area contributed by atoms with Crippen molar-refractivity contribution in [3.05, 3.63) is 48.0 Å². The molecular formula is C23H30N2O5S. The molecule has 1 aliphatic heterocycles. The number of ether oxygens (including phenoxy) is 2. The highest BCUT2D eigenvalue weighted by molar-refractivity contribution is 7.89. The molecule has 0 spiro atoms. The number of unbranched alkanes of at least 4 members (excludes halogenated alkanes) is 1. The molecule has 7 nitrogen and oxygen atoms in total. The minimum atomic E-state index is -3.86. The fourth-order valence-electron chi connectivity index (χ4n) is 3.76. The molecule has 0 radical (unpaired) electrons. The Hall–Kier alpha value is -2.58. The predicted molar refractivity (Wildman–Crippen MR) is 120 cm³/mol. The maximum atomic E-state index is 13.3. The Morgan fingerprint density at radius 2 is 1.81 bits per heavy atom. The second kappa shape index (κ2) is 10.2. The molecular weight excluding hydrogens is 416 g/mol. The highest BCUT2D eigenvalue weighted by Crippen LogP contribution is 2.33. The van der Waals surface area contributed by atoms with Gasteiger partial charge in [-0.1, -0.05) is 25.5 Å². The Morgan fingerprint density at radius 1 is 1.10 bits per heavy atom. The van der Waals surface area contributed by atoms with Crippen LogP contribution >= 0.6 is 0 Å². The van der Waals surface area contributed by atoms with Crippen LogP contribution in [0.15, 0.2) is 47.4 Å². The maximum absolute atomic E-state index is 13.3. The topological polar surface area (TPSA) is 84.9 Å². The van der Waals surface area contributed by atoms with Gasteiger partial charge in [0.05, 0.1) is 19.1 Å². The average Bonchev–Trinajstić information content (AvgIpc) is 3.29. The van der Waals surface area contributed by atoms with Crippen LogP contribution in [0.3, 0.4) is 0 Å². The summed E-state index contributed by atoms with van der Waals surface area (Å²) >= 11 is 0. The van der Waals surface area contributed by atoms with Gasteiger partial charge in [0.25, 0.3) is 0 Å². The number of hydrogen-bond acceptors (Lipinski definition) is 5. The first kappa shape index (κ1) is 23.1. The first-order valence-electron chi connectivity index (χ1n) is 10.5. The highest BCUT2D eigenvalue weighted by Gasteiger charge is 2.39. The molecule has 0 bridgehead atoms. The van der Waals surface area contributed by atoms with E-state index in [4.69, 9.17) is 9.47 Å². The first-order chi connectivity index (χ1) is 14.9. The van der Waals surface area contributed by atoms with Crippen molar-refractivity contribution in [1.29, 1.82) is 0 Å². The summed E-state index contributed by atoms with van der Waals surface area (Å²) in [6.45, 7) is 2.45. The number of carbonyl (C=O) groups excluding carboxylic acids is 1. The zero-order valence-corrected chi connectivity index (χ0v) is 19.1. The van der Waals surface area contributed by atoms with E-state index in [1.165, 1.54) is 36.2 Å². The lowest BCUT2D eigenvalue weighted by Crippen LogP contribution is -2.43. The van der Waals surface area contributed by atoms with Crippen LogP contribution in [0.25, 0.3) is 0 Å². The first-order valence-corrected chi connectivity index (χ1v) is 12.0. The molecule has 2 aromatic rings. The lowest BCUT2D eigenvalue weighted by atomic mass is 10.1. The third-order valence-corrected chi connectivity index (χ3v) is 7.41. The third kappa shape index (κ3) is 5.19. The van der Waals surface area contributed by atoms with Gasteiger partial charge in [-0.2, -0.15) is 4.31 Å². The maximum Gasteiger partial charge on any atom is 0.243 e. The van der Waals surface area contributed by atoms with Crippen molar-refractivity contribution in [2.75, 3.05) is 26.1 Å². The number of nitrogens with one attached hydrogen (secondary N) is 1. The van der Waals surface area contributed by atoms with E-state index in [1.54, 1.807) is 6.07 Å². The van der Waals surface area contributed by atoms with Crippen LogP contribution in [0.1, 0.15) is 38.2 Å². The number of nitrogens with zero attached hydrogens (tertiary/aromatic N) is 1. The number of sulfonamides is 1. The highest BCUT2D eigenvalue weighted by atomic mass is 32.2. The lowest BCUT2D eigenvalue weighted by Gasteiger charge is -2.24. The van der Waals surface area contributed by atoms with E-state index >= 15 is 0 Å². The standard InChI is InChI=1S/C23H30N2O5S/c1-4-5-7-17-9-11-18(12-10-17)24-23(26)20-8-6-15-25(20)31(27,28)19-13-14-21(29-2)22(16-19)30-3/h9-14,16,20H,4-8,15H2,1-3H3,(H,24,26). The summed E-state index contributed by atoms with van der Waals surface area (Å²) in [5, 5.41) is 2.87. The molecule has 1 saturated heterocycles. The van der Waals surface area contributed by atoms with Crippen LogP contribution in [-0.4, -0.2) is 45.4 Å². The van der Waals surface area contributed by atoms with Gasteiger partial charge in [-0.3, -0.25) is 4.79 Å². The van der Waals surface area contributed by atoms with Crippen LogP contribution in [0.5, 0.6) is 11.5 Å². The Morgan fingerprint density at radius 3 is 2.45 bits per heavy atom. The number of amides is 1. The van der Waals surface area contributed by atoms with Gasteiger partial charge in [-0.15, -0.1) is 0 Å². The van der Waals surface area contributed by atoms with Crippen LogP contribution < -0.4 is 14.8 Å². The SMILES string of the molecule is CCCCc1ccc(NC(=O)C2CCCN2S(=O)(=O)c2ccc(OC)c(OC)c2)cc1. The summed E-state index contributed by atoms with van der Waals surface area (Å²) in [5.41, 5.74) is 1.89. The van der Waals surface area contributed by atoms with Crippen molar-refractivity contribution < 1.29 is 22.7 Å². The Bertz CT molecular complexity index is 1010. The normalized spacial score (nSPS) is 16.8. The molecule has 1 atom stereocenters. The smallest absolute Gasteiger partial charge is 0.243 e. The van der Waals surface area contributed by atoms with Crippen molar-refractivity contribution in [3.63, 3.8) is 0 Å². The van der Waals surface area contributed by atoms with Gasteiger partial charge in [-0.25, -0.2) is 8.42 Å². The minimum Gasteiger partial charge on any atom is -0.493 e. The molecule has 3 rings (SSSR count). The summed E-state index contributed by atoms with van der Waals surface area (Å²) in [4.78, 5) is 13.0. The van der Waals surface area contributed by atoms with Gasteiger partial charge in [0.15, 0.2) is 11.5 Å². The van der Waals surface area contributed by atoms with Gasteiger partial charge in [0, 0.05) is 18.3 Å². The van der Waals surface area contributed by atoms with Crippen molar-refractivity contribution >= 4 is 21.6 Å². The number of anilines is 1. The van der Waals surface area contributed by atoms with Gasteiger partial charge < -0.3 is 14.8 Å². The van der Waals surface area contributed by atoms with Crippen molar-refractivity contribution in [1.82, 2.24) is 4.31 Å². The molecule has 1 N–H and O–H groups in total. The number of methoxy groups -OCH3 is 2. The summed E-state index contributed by atoms with van der Waals surface area (Å²) in [5.74, 6) is 0.453. The summed E-state index contributed by atoms with van der Waals surface area (Å²) < 4.78 is 38.2. The Labute approximate surface area is 184 Å². The zero-order chi connectivity index (χ0) is 22.4. The largest absolute Gasteiger partial charge is 0.493 e. The molecule has 1 aliphatic rings. The van der Waals surface area contributed by atoms with E-state index in [0.717, 1.165) is 19.3 Å². The van der Waals surface area contributed by atoms with Crippen LogP contribution in [0.4, 0.5) is 5.69 Å². The Kier molecular flexibility index (Phi) is 7.56. The van der Waals surface area contributed by atoms with Gasteiger partial charge in [-0.05, 0) is 55.5 Å². The predicted octanol–water partition coefficient (Wildman–Crippen LogP) is 3.84. The van der Waals surface area contributed by atoms with Crippen molar-refractivity contribution in [2.45, 2.75) is 50.0 Å². The second-order valence-electron chi connectivity index (χ2n) is 7.58. The molecule has 8 heteroatoms. The molecule has 0 saturated carbocycles. The third-order valence-electron chi connectivity index (χ3n) is 5.51. The molecule has 1 amide bonds. The monoisotopic (exact) mass is 446 g/mol. The van der Waals surface area contributed by atoms with Crippen LogP contribution in [0, 0.1) is 0 Å². The molecule has 1 heterocycles. The lowest BCUT2D eigenvalue weighted by molar-refractivity contribution is -0.119. The molecule has 168 valence electrons.